The third-order valence-corrected chi connectivity index (χ3v) is 7.33. The topological polar surface area (TPSA) is 20.2 Å². The van der Waals surface area contributed by atoms with Gasteiger partial charge in [-0.25, -0.2) is 4.39 Å². The summed E-state index contributed by atoms with van der Waals surface area (Å²) in [6.07, 6.45) is -25.1. The molecule has 0 aromatic rings. The molecule has 0 rings (SSSR count). The summed E-state index contributed by atoms with van der Waals surface area (Å²) >= 11 is 0. The Balaban J connectivity index is 7.79. The Morgan fingerprint density at radius 1 is 0.197 bits per heavy atom. The number of hydrogen-bond acceptors (Lipinski definition) is 1. The van der Waals surface area contributed by atoms with Crippen molar-refractivity contribution >= 4 is 0 Å². The van der Waals surface area contributed by atoms with Gasteiger partial charge >= 0.3 is 113 Å². The van der Waals surface area contributed by atoms with E-state index in [-0.39, 0.29) is 0 Å². The average molecular weight is 1020 g/mol. The number of alkyl halides is 40. The quantitative estimate of drug-likeness (QED) is 0.136. The molecule has 41 heteroatoms. The van der Waals surface area contributed by atoms with E-state index in [1.165, 1.54) is 0 Å². The summed E-state index contributed by atoms with van der Waals surface area (Å²) in [5.74, 6) is -167. The van der Waals surface area contributed by atoms with Crippen LogP contribution in [-0.2, 0) is 0 Å². The second kappa shape index (κ2) is 13.8. The summed E-state index contributed by atoms with van der Waals surface area (Å²) < 4.78 is 536. The van der Waals surface area contributed by atoms with Crippen LogP contribution in [0.5, 0.6) is 0 Å². The van der Waals surface area contributed by atoms with E-state index in [2.05, 4.69) is 0 Å². The van der Waals surface area contributed by atoms with Gasteiger partial charge in [0.2, 0.25) is 6.17 Å². The molecule has 0 heterocycles. The van der Waals surface area contributed by atoms with Crippen LogP contribution < -0.4 is 0 Å². The van der Waals surface area contributed by atoms with Crippen LogP contribution in [0.2, 0.25) is 0 Å². The maximum atomic E-state index is 13.9. The van der Waals surface area contributed by atoms with Crippen molar-refractivity contribution in [3.05, 3.63) is 0 Å². The monoisotopic (exact) mass is 1020 g/mol. The largest absolute Gasteiger partial charge is 0.460 e. The van der Waals surface area contributed by atoms with E-state index in [9.17, 15) is 176 Å². The predicted molar refractivity (Wildman–Crippen MR) is 102 cm³/mol. The van der Waals surface area contributed by atoms with Crippen LogP contribution in [0.1, 0.15) is 0 Å². The van der Waals surface area contributed by atoms with E-state index in [1.54, 1.807) is 0 Å². The van der Waals surface area contributed by atoms with Crippen LogP contribution >= 0.6 is 0 Å². The molecule has 0 bridgehead atoms. The van der Waals surface area contributed by atoms with Crippen molar-refractivity contribution in [3.63, 3.8) is 0 Å². The summed E-state index contributed by atoms with van der Waals surface area (Å²) in [6, 6.07) is 0. The first-order valence-corrected chi connectivity index (χ1v) is 12.6. The third kappa shape index (κ3) is 6.61. The standard InChI is InChI=1S/C20H2F40O/c21-1(3(24,25)5(28,29)7(32,33)9(36,37)11(40,41)14(46,47)16(50,51)18(54,55)20(59,60)61)2(22,23)4(26,27)6(30,31)8(34,35)10(38,39)12(42,43)13(44,45)15(48,49)17(52,53)19(56,57)58/h1,61H. The van der Waals surface area contributed by atoms with E-state index < -0.39 is 119 Å². The molecule has 0 aliphatic heterocycles. The van der Waals surface area contributed by atoms with Gasteiger partial charge in [-0.3, -0.25) is 0 Å². The molecule has 61 heavy (non-hydrogen) atoms. The minimum absolute atomic E-state index is 7.45. The van der Waals surface area contributed by atoms with Crippen LogP contribution in [0.15, 0.2) is 0 Å². The van der Waals surface area contributed by atoms with Crippen molar-refractivity contribution < 1.29 is 181 Å². The Kier molecular flexibility index (Phi) is 13.2. The maximum absolute atomic E-state index is 13.9. The molecule has 368 valence electrons. The minimum Gasteiger partial charge on any atom is -0.331 e. The zero-order valence-electron chi connectivity index (χ0n) is 25.6. The Morgan fingerprint density at radius 3 is 0.475 bits per heavy atom. The van der Waals surface area contributed by atoms with Gasteiger partial charge in [0, 0.05) is 0 Å². The van der Waals surface area contributed by atoms with Crippen LogP contribution in [-0.4, -0.2) is 124 Å². The number of hydrogen-bond donors (Lipinski definition) is 1. The fourth-order valence-electron chi connectivity index (χ4n) is 3.50. The molecule has 0 radical (unpaired) electrons. The first-order valence-electron chi connectivity index (χ1n) is 12.6. The summed E-state index contributed by atoms with van der Waals surface area (Å²) in [7, 11) is 0. The lowest BCUT2D eigenvalue weighted by molar-refractivity contribution is -0.483. The molecule has 0 amide bonds. The van der Waals surface area contributed by atoms with Gasteiger partial charge in [0.25, 0.3) is 0 Å². The zero-order valence-corrected chi connectivity index (χ0v) is 25.6. The average Bonchev–Trinajstić information content (AvgIpc) is 3.01. The van der Waals surface area contributed by atoms with Crippen molar-refractivity contribution in [1.82, 2.24) is 0 Å². The minimum atomic E-state index is -10.3. The molecule has 0 aromatic carbocycles. The fourth-order valence-corrected chi connectivity index (χ4v) is 3.50. The first-order chi connectivity index (χ1) is 25.4. The number of aliphatic hydroxyl groups is 1. The van der Waals surface area contributed by atoms with Crippen LogP contribution in [0, 0.1) is 0 Å². The van der Waals surface area contributed by atoms with Crippen molar-refractivity contribution in [1.29, 1.82) is 0 Å². The lowest BCUT2D eigenvalue weighted by Gasteiger charge is -2.46. The molecule has 0 aromatic heterocycles. The Bertz CT molecular complexity index is 1580. The molecule has 0 saturated carbocycles. The Labute approximate surface area is 301 Å². The smallest absolute Gasteiger partial charge is 0.331 e. The zero-order chi connectivity index (χ0) is 51.1. The molecule has 0 aliphatic carbocycles. The van der Waals surface area contributed by atoms with E-state index in [1.807, 2.05) is 0 Å². The van der Waals surface area contributed by atoms with Crippen molar-refractivity contribution in [2.45, 2.75) is 119 Å². The van der Waals surface area contributed by atoms with Gasteiger partial charge in [-0.05, 0) is 0 Å². The summed E-state index contributed by atoms with van der Waals surface area (Å²) in [6.45, 7) is 0. The third-order valence-electron chi connectivity index (χ3n) is 7.33. The number of rotatable bonds is 18. The fraction of sp³-hybridized carbons (Fsp3) is 1.00. The highest BCUT2D eigenvalue weighted by atomic mass is 19.4. The van der Waals surface area contributed by atoms with Crippen LogP contribution in [0.3, 0.4) is 0 Å². The van der Waals surface area contributed by atoms with E-state index in [0.29, 0.717) is 0 Å². The van der Waals surface area contributed by atoms with Gasteiger partial charge in [0.15, 0.2) is 0 Å². The summed E-state index contributed by atoms with van der Waals surface area (Å²) in [5.41, 5.74) is 0. The lowest BCUT2D eigenvalue weighted by atomic mass is 9.83. The van der Waals surface area contributed by atoms with E-state index >= 15 is 0 Å². The highest BCUT2D eigenvalue weighted by Gasteiger charge is 3.01. The molecule has 0 saturated heterocycles. The lowest BCUT2D eigenvalue weighted by Crippen LogP contribution is -2.79. The van der Waals surface area contributed by atoms with E-state index in [0.717, 1.165) is 0 Å². The molecule has 1 unspecified atom stereocenters. The van der Waals surface area contributed by atoms with Gasteiger partial charge < -0.3 is 5.11 Å². The number of halogens is 40. The molecule has 1 nitrogen and oxygen atoms in total. The highest BCUT2D eigenvalue weighted by molar-refractivity contribution is 5.22. The van der Waals surface area contributed by atoms with Crippen LogP contribution in [0.25, 0.3) is 0 Å². The second-order valence-corrected chi connectivity index (χ2v) is 11.3. The summed E-state index contributed by atoms with van der Waals surface area (Å²) in [5, 5.41) is 7.45. The molecular formula is C20H2F40O. The van der Waals surface area contributed by atoms with Gasteiger partial charge in [-0.15, -0.1) is 0 Å². The van der Waals surface area contributed by atoms with Gasteiger partial charge in [-0.2, -0.15) is 171 Å². The molecule has 0 aliphatic rings. The highest BCUT2D eigenvalue weighted by Crippen LogP contribution is 2.69. The molecule has 0 spiro atoms. The van der Waals surface area contributed by atoms with Gasteiger partial charge in [0.05, 0.1) is 0 Å². The van der Waals surface area contributed by atoms with Crippen molar-refractivity contribution in [2.75, 3.05) is 0 Å². The Hall–Kier alpha value is -2.84. The van der Waals surface area contributed by atoms with Crippen molar-refractivity contribution in [3.8, 4) is 0 Å². The van der Waals surface area contributed by atoms with Crippen LogP contribution in [0.4, 0.5) is 176 Å². The first kappa shape index (κ1) is 58.2. The SMILES string of the molecule is OC(F)(F)C(F)(F)C(F)(F)C(F)(F)C(F)(F)C(F)(F)C(F)(F)C(F)(F)C(F)(F)C(F)C(F)(F)C(F)(F)C(F)(F)C(F)(F)C(F)(F)C(F)(F)C(F)(F)C(F)(F)C(F)(F)C(F)(F)F. The molecule has 0 fully saturated rings. The normalized spacial score (nSPS) is 17.9. The molecular weight excluding hydrogens is 1020 g/mol. The summed E-state index contributed by atoms with van der Waals surface area (Å²) in [4.78, 5) is 0. The second-order valence-electron chi connectivity index (χ2n) is 11.3. The molecule has 1 N–H and O–H groups in total. The van der Waals surface area contributed by atoms with Crippen molar-refractivity contribution in [2.24, 2.45) is 0 Å². The van der Waals surface area contributed by atoms with Gasteiger partial charge in [-0.1, -0.05) is 0 Å². The van der Waals surface area contributed by atoms with E-state index in [4.69, 9.17) is 5.11 Å². The predicted octanol–water partition coefficient (Wildman–Crippen LogP) is 12.3. The molecule has 1 atom stereocenters. The van der Waals surface area contributed by atoms with Gasteiger partial charge in [0.1, 0.15) is 0 Å². The maximum Gasteiger partial charge on any atom is 0.460 e. The Morgan fingerprint density at radius 2 is 0.328 bits per heavy atom.